The SMILES string of the molecule is COc1ccc(CN2CC3(CCCCC3)C2c2ccccc2)cc1. The summed E-state index contributed by atoms with van der Waals surface area (Å²) in [5.41, 5.74) is 3.40. The van der Waals surface area contributed by atoms with E-state index in [0.29, 0.717) is 11.5 Å². The van der Waals surface area contributed by atoms with Crippen molar-refractivity contribution < 1.29 is 4.74 Å². The molecule has 4 rings (SSSR count). The zero-order valence-corrected chi connectivity index (χ0v) is 14.6. The van der Waals surface area contributed by atoms with Crippen LogP contribution in [0.2, 0.25) is 0 Å². The Morgan fingerprint density at radius 2 is 1.67 bits per heavy atom. The van der Waals surface area contributed by atoms with Gasteiger partial charge in [0.15, 0.2) is 0 Å². The van der Waals surface area contributed by atoms with Crippen LogP contribution in [0.25, 0.3) is 0 Å². The summed E-state index contributed by atoms with van der Waals surface area (Å²) >= 11 is 0. The highest BCUT2D eigenvalue weighted by Gasteiger charge is 2.52. The van der Waals surface area contributed by atoms with Gasteiger partial charge in [0.2, 0.25) is 0 Å². The molecule has 1 saturated carbocycles. The number of rotatable bonds is 4. The van der Waals surface area contributed by atoms with Crippen LogP contribution in [0.15, 0.2) is 54.6 Å². The van der Waals surface area contributed by atoms with E-state index in [4.69, 9.17) is 4.74 Å². The first-order valence-electron chi connectivity index (χ1n) is 9.23. The van der Waals surface area contributed by atoms with Gasteiger partial charge in [-0.2, -0.15) is 0 Å². The number of benzene rings is 2. The van der Waals surface area contributed by atoms with Crippen LogP contribution < -0.4 is 4.74 Å². The molecule has 1 aliphatic heterocycles. The van der Waals surface area contributed by atoms with Crippen LogP contribution in [-0.4, -0.2) is 18.6 Å². The number of ether oxygens (including phenoxy) is 1. The second-order valence-electron chi connectivity index (χ2n) is 7.49. The van der Waals surface area contributed by atoms with Crippen molar-refractivity contribution in [1.29, 1.82) is 0 Å². The van der Waals surface area contributed by atoms with E-state index in [9.17, 15) is 0 Å². The van der Waals surface area contributed by atoms with Gasteiger partial charge in [-0.25, -0.2) is 0 Å². The van der Waals surface area contributed by atoms with Crippen molar-refractivity contribution in [1.82, 2.24) is 4.90 Å². The van der Waals surface area contributed by atoms with E-state index in [1.165, 1.54) is 49.8 Å². The van der Waals surface area contributed by atoms with Gasteiger partial charge in [-0.3, -0.25) is 4.90 Å². The third-order valence-electron chi connectivity index (χ3n) is 5.97. The summed E-state index contributed by atoms with van der Waals surface area (Å²) in [6, 6.07) is 20.3. The molecule has 1 atom stereocenters. The number of hydrogen-bond donors (Lipinski definition) is 0. The summed E-state index contributed by atoms with van der Waals surface area (Å²) in [5.74, 6) is 0.936. The Balaban J connectivity index is 1.56. The van der Waals surface area contributed by atoms with Gasteiger partial charge in [0.1, 0.15) is 5.75 Å². The zero-order valence-electron chi connectivity index (χ0n) is 14.6. The maximum absolute atomic E-state index is 5.28. The zero-order chi connectivity index (χ0) is 16.4. The minimum absolute atomic E-state index is 0.520. The molecule has 1 aliphatic carbocycles. The molecule has 0 bridgehead atoms. The van der Waals surface area contributed by atoms with Crippen molar-refractivity contribution in [3.63, 3.8) is 0 Å². The van der Waals surface area contributed by atoms with Gasteiger partial charge in [0.25, 0.3) is 0 Å². The highest BCUT2D eigenvalue weighted by atomic mass is 16.5. The Morgan fingerprint density at radius 1 is 0.958 bits per heavy atom. The lowest BCUT2D eigenvalue weighted by Crippen LogP contribution is -2.58. The van der Waals surface area contributed by atoms with Crippen LogP contribution in [-0.2, 0) is 6.54 Å². The first-order valence-corrected chi connectivity index (χ1v) is 9.23. The van der Waals surface area contributed by atoms with Crippen LogP contribution in [0, 0.1) is 5.41 Å². The summed E-state index contributed by atoms with van der Waals surface area (Å²) in [5, 5.41) is 0. The molecule has 0 aromatic heterocycles. The van der Waals surface area contributed by atoms with Crippen LogP contribution in [0.5, 0.6) is 5.75 Å². The second kappa shape index (κ2) is 6.60. The normalized spacial score (nSPS) is 23.0. The first-order chi connectivity index (χ1) is 11.8. The van der Waals surface area contributed by atoms with Crippen molar-refractivity contribution >= 4 is 0 Å². The average molecular weight is 321 g/mol. The molecule has 0 N–H and O–H groups in total. The molecule has 1 heterocycles. The van der Waals surface area contributed by atoms with Gasteiger partial charge in [-0.05, 0) is 36.1 Å². The van der Waals surface area contributed by atoms with Crippen LogP contribution >= 0.6 is 0 Å². The lowest BCUT2D eigenvalue weighted by atomic mass is 9.61. The fraction of sp³-hybridized carbons (Fsp3) is 0.455. The number of hydrogen-bond acceptors (Lipinski definition) is 2. The minimum Gasteiger partial charge on any atom is -0.497 e. The predicted octanol–water partition coefficient (Wildman–Crippen LogP) is 5.20. The largest absolute Gasteiger partial charge is 0.497 e. The highest BCUT2D eigenvalue weighted by molar-refractivity contribution is 5.30. The molecule has 24 heavy (non-hydrogen) atoms. The van der Waals surface area contributed by atoms with Crippen LogP contribution in [0.1, 0.15) is 49.3 Å². The van der Waals surface area contributed by atoms with E-state index < -0.39 is 0 Å². The fourth-order valence-electron chi connectivity index (χ4n) is 4.86. The summed E-state index contributed by atoms with van der Waals surface area (Å²) in [6.45, 7) is 2.28. The maximum Gasteiger partial charge on any atom is 0.118 e. The highest BCUT2D eigenvalue weighted by Crippen LogP contribution is 2.57. The molecular weight excluding hydrogens is 294 g/mol. The standard InChI is InChI=1S/C22H27NO/c1-24-20-12-10-18(11-13-20)16-23-17-22(14-6-3-7-15-22)21(23)19-8-4-2-5-9-19/h2,4-5,8-13,21H,3,6-7,14-17H2,1H3. The average Bonchev–Trinajstić information content (AvgIpc) is 2.63. The van der Waals surface area contributed by atoms with E-state index in [2.05, 4.69) is 59.5 Å². The third kappa shape index (κ3) is 2.84. The maximum atomic E-state index is 5.28. The fourth-order valence-corrected chi connectivity index (χ4v) is 4.86. The van der Waals surface area contributed by atoms with E-state index in [1.807, 2.05) is 0 Å². The topological polar surface area (TPSA) is 12.5 Å². The van der Waals surface area contributed by atoms with Crippen LogP contribution in [0.3, 0.4) is 0 Å². The number of likely N-dealkylation sites (tertiary alicyclic amines) is 1. The molecule has 1 unspecified atom stereocenters. The molecular formula is C22H27NO. The number of methoxy groups -OCH3 is 1. The van der Waals surface area contributed by atoms with Gasteiger partial charge in [0, 0.05) is 24.5 Å². The van der Waals surface area contributed by atoms with Gasteiger partial charge in [-0.15, -0.1) is 0 Å². The van der Waals surface area contributed by atoms with Crippen molar-refractivity contribution in [2.24, 2.45) is 5.41 Å². The molecule has 2 aromatic carbocycles. The van der Waals surface area contributed by atoms with E-state index >= 15 is 0 Å². The molecule has 0 radical (unpaired) electrons. The molecule has 1 saturated heterocycles. The Labute approximate surface area is 145 Å². The first kappa shape index (κ1) is 15.7. The molecule has 2 nitrogen and oxygen atoms in total. The lowest BCUT2D eigenvalue weighted by Gasteiger charge is -2.60. The van der Waals surface area contributed by atoms with Gasteiger partial charge >= 0.3 is 0 Å². The second-order valence-corrected chi connectivity index (χ2v) is 7.49. The quantitative estimate of drug-likeness (QED) is 0.767. The van der Waals surface area contributed by atoms with E-state index in [1.54, 1.807) is 7.11 Å². The lowest BCUT2D eigenvalue weighted by molar-refractivity contribution is -0.106. The van der Waals surface area contributed by atoms with Gasteiger partial charge < -0.3 is 4.74 Å². The molecule has 2 fully saturated rings. The van der Waals surface area contributed by atoms with E-state index in [0.717, 1.165) is 12.3 Å². The Morgan fingerprint density at radius 3 is 2.33 bits per heavy atom. The smallest absolute Gasteiger partial charge is 0.118 e. The summed E-state index contributed by atoms with van der Waals surface area (Å²) < 4.78 is 5.28. The Kier molecular flexibility index (Phi) is 4.32. The summed E-state index contributed by atoms with van der Waals surface area (Å²) in [7, 11) is 1.72. The van der Waals surface area contributed by atoms with Crippen LogP contribution in [0.4, 0.5) is 0 Å². The molecule has 2 aromatic rings. The van der Waals surface area contributed by atoms with Crippen molar-refractivity contribution in [3.8, 4) is 5.75 Å². The Bertz CT molecular complexity index is 658. The molecule has 2 aliphatic rings. The minimum atomic E-state index is 0.520. The predicted molar refractivity (Wildman–Crippen MR) is 98.1 cm³/mol. The number of nitrogens with zero attached hydrogens (tertiary/aromatic N) is 1. The summed E-state index contributed by atoms with van der Waals surface area (Å²) in [6.07, 6.45) is 7.01. The molecule has 1 spiro atoms. The van der Waals surface area contributed by atoms with Gasteiger partial charge in [-0.1, -0.05) is 61.7 Å². The Hall–Kier alpha value is -1.80. The molecule has 2 heteroatoms. The van der Waals surface area contributed by atoms with Crippen molar-refractivity contribution in [2.45, 2.75) is 44.7 Å². The monoisotopic (exact) mass is 321 g/mol. The molecule has 126 valence electrons. The van der Waals surface area contributed by atoms with Gasteiger partial charge in [0.05, 0.1) is 7.11 Å². The van der Waals surface area contributed by atoms with Crippen molar-refractivity contribution in [2.75, 3.05) is 13.7 Å². The van der Waals surface area contributed by atoms with Crippen molar-refractivity contribution in [3.05, 3.63) is 65.7 Å². The summed E-state index contributed by atoms with van der Waals surface area (Å²) in [4.78, 5) is 2.67. The third-order valence-corrected chi connectivity index (χ3v) is 5.97. The van der Waals surface area contributed by atoms with E-state index in [-0.39, 0.29) is 0 Å². The molecule has 0 amide bonds.